The number of rotatable bonds is 6. The van der Waals surface area contributed by atoms with Crippen LogP contribution in [0.4, 0.5) is 5.69 Å². The molecule has 0 aromatic heterocycles. The SMILES string of the molecule is CC(C)CCNS(=O)(=O)c1ccc2c(c1)C[C@H](C)N2C(=O)C1CCC1. The van der Waals surface area contributed by atoms with Crippen LogP contribution in [0.1, 0.15) is 52.0 Å². The highest BCUT2D eigenvalue weighted by atomic mass is 32.2. The van der Waals surface area contributed by atoms with E-state index in [1.807, 2.05) is 11.8 Å². The molecule has 0 spiro atoms. The number of sulfonamides is 1. The molecule has 0 saturated heterocycles. The van der Waals surface area contributed by atoms with Gasteiger partial charge in [0.1, 0.15) is 0 Å². The van der Waals surface area contributed by atoms with E-state index in [9.17, 15) is 13.2 Å². The van der Waals surface area contributed by atoms with E-state index in [0.29, 0.717) is 23.8 Å². The fourth-order valence-electron chi connectivity index (χ4n) is 3.53. The topological polar surface area (TPSA) is 66.5 Å². The molecule has 1 fully saturated rings. The molecule has 25 heavy (non-hydrogen) atoms. The molecule has 1 aliphatic carbocycles. The van der Waals surface area contributed by atoms with E-state index in [1.54, 1.807) is 18.2 Å². The highest BCUT2D eigenvalue weighted by Crippen LogP contribution is 2.38. The van der Waals surface area contributed by atoms with E-state index in [2.05, 4.69) is 18.6 Å². The lowest BCUT2D eigenvalue weighted by molar-refractivity contribution is -0.125. The average molecular weight is 365 g/mol. The van der Waals surface area contributed by atoms with Gasteiger partial charge in [0, 0.05) is 24.2 Å². The molecule has 138 valence electrons. The number of anilines is 1. The second kappa shape index (κ2) is 7.08. The molecule has 0 unspecified atom stereocenters. The number of carbonyl (C=O) groups excluding carboxylic acids is 1. The summed E-state index contributed by atoms with van der Waals surface area (Å²) in [4.78, 5) is 14.9. The molecule has 1 atom stereocenters. The fraction of sp³-hybridized carbons (Fsp3) is 0.632. The maximum Gasteiger partial charge on any atom is 0.240 e. The largest absolute Gasteiger partial charge is 0.309 e. The van der Waals surface area contributed by atoms with Crippen molar-refractivity contribution in [3.05, 3.63) is 23.8 Å². The summed E-state index contributed by atoms with van der Waals surface area (Å²) < 4.78 is 27.6. The molecular weight excluding hydrogens is 336 g/mol. The van der Waals surface area contributed by atoms with Gasteiger partial charge in [-0.2, -0.15) is 0 Å². The van der Waals surface area contributed by atoms with E-state index < -0.39 is 10.0 Å². The minimum atomic E-state index is -3.50. The molecule has 1 aromatic carbocycles. The van der Waals surface area contributed by atoms with Gasteiger partial charge < -0.3 is 4.90 Å². The van der Waals surface area contributed by atoms with Crippen molar-refractivity contribution >= 4 is 21.6 Å². The Balaban J connectivity index is 1.79. The van der Waals surface area contributed by atoms with Crippen LogP contribution in [0.25, 0.3) is 0 Å². The number of amides is 1. The monoisotopic (exact) mass is 364 g/mol. The Hall–Kier alpha value is -1.40. The first kappa shape index (κ1) is 18.4. The zero-order valence-corrected chi connectivity index (χ0v) is 16.1. The lowest BCUT2D eigenvalue weighted by Crippen LogP contribution is -2.42. The van der Waals surface area contributed by atoms with Gasteiger partial charge in [-0.3, -0.25) is 4.79 Å². The van der Waals surface area contributed by atoms with Crippen molar-refractivity contribution in [3.8, 4) is 0 Å². The normalized spacial score (nSPS) is 20.6. The van der Waals surface area contributed by atoms with Crippen LogP contribution >= 0.6 is 0 Å². The molecule has 1 aromatic rings. The zero-order chi connectivity index (χ0) is 18.2. The third-order valence-corrected chi connectivity index (χ3v) is 6.74. The molecule has 2 aliphatic rings. The van der Waals surface area contributed by atoms with Crippen LogP contribution in [0.2, 0.25) is 0 Å². The van der Waals surface area contributed by atoms with Crippen LogP contribution in [0.15, 0.2) is 23.1 Å². The van der Waals surface area contributed by atoms with Crippen molar-refractivity contribution in [2.75, 3.05) is 11.4 Å². The van der Waals surface area contributed by atoms with Crippen LogP contribution in [-0.2, 0) is 21.2 Å². The Morgan fingerprint density at radius 1 is 1.32 bits per heavy atom. The third-order valence-electron chi connectivity index (χ3n) is 5.28. The van der Waals surface area contributed by atoms with Crippen LogP contribution < -0.4 is 9.62 Å². The Morgan fingerprint density at radius 3 is 2.64 bits per heavy atom. The smallest absolute Gasteiger partial charge is 0.240 e. The van der Waals surface area contributed by atoms with Crippen molar-refractivity contribution in [2.45, 2.75) is 63.8 Å². The molecule has 3 rings (SSSR count). The van der Waals surface area contributed by atoms with Crippen molar-refractivity contribution < 1.29 is 13.2 Å². The van der Waals surface area contributed by atoms with Gasteiger partial charge in [-0.1, -0.05) is 20.3 Å². The Morgan fingerprint density at radius 2 is 2.04 bits per heavy atom. The first-order valence-electron chi connectivity index (χ1n) is 9.25. The number of benzene rings is 1. The van der Waals surface area contributed by atoms with Gasteiger partial charge >= 0.3 is 0 Å². The standard InChI is InChI=1S/C19H28N2O3S/c1-13(2)9-10-20-25(23,24)17-7-8-18-16(12-17)11-14(3)21(18)19(22)15-5-4-6-15/h7-8,12-15,20H,4-6,9-11H2,1-3H3/t14-/m0/s1. The number of nitrogens with zero attached hydrogens (tertiary/aromatic N) is 1. The number of carbonyl (C=O) groups is 1. The maximum absolute atomic E-state index is 12.7. The molecule has 1 saturated carbocycles. The summed E-state index contributed by atoms with van der Waals surface area (Å²) in [6.07, 6.45) is 4.60. The Labute approximate surface area is 150 Å². The summed E-state index contributed by atoms with van der Waals surface area (Å²) in [5, 5.41) is 0. The number of fused-ring (bicyclic) bond motifs is 1. The lowest BCUT2D eigenvalue weighted by Gasteiger charge is -2.32. The summed E-state index contributed by atoms with van der Waals surface area (Å²) in [5.41, 5.74) is 1.83. The van der Waals surface area contributed by atoms with E-state index in [1.165, 1.54) is 0 Å². The predicted molar refractivity (Wildman–Crippen MR) is 99.1 cm³/mol. The van der Waals surface area contributed by atoms with Gasteiger partial charge in [0.25, 0.3) is 0 Å². The van der Waals surface area contributed by atoms with Crippen LogP contribution in [0.5, 0.6) is 0 Å². The minimum absolute atomic E-state index is 0.0926. The van der Waals surface area contributed by atoms with E-state index in [4.69, 9.17) is 0 Å². The van der Waals surface area contributed by atoms with Gasteiger partial charge in [-0.25, -0.2) is 13.1 Å². The maximum atomic E-state index is 12.7. The van der Waals surface area contributed by atoms with Crippen molar-refractivity contribution in [1.82, 2.24) is 4.72 Å². The van der Waals surface area contributed by atoms with E-state index in [0.717, 1.165) is 36.9 Å². The predicted octanol–water partition coefficient (Wildman–Crippen LogP) is 3.09. The van der Waals surface area contributed by atoms with Gasteiger partial charge in [0.15, 0.2) is 0 Å². The van der Waals surface area contributed by atoms with Gasteiger partial charge in [-0.15, -0.1) is 0 Å². The van der Waals surface area contributed by atoms with Gasteiger partial charge in [0.2, 0.25) is 15.9 Å². The van der Waals surface area contributed by atoms with Gasteiger partial charge in [-0.05, 0) is 62.3 Å². The summed E-state index contributed by atoms with van der Waals surface area (Å²) in [7, 11) is -3.50. The van der Waals surface area contributed by atoms with Crippen molar-refractivity contribution in [1.29, 1.82) is 0 Å². The lowest BCUT2D eigenvalue weighted by atomic mass is 9.84. The van der Waals surface area contributed by atoms with Crippen molar-refractivity contribution in [3.63, 3.8) is 0 Å². The molecule has 1 aliphatic heterocycles. The van der Waals surface area contributed by atoms with Crippen LogP contribution in [0, 0.1) is 11.8 Å². The quantitative estimate of drug-likeness (QED) is 0.843. The summed E-state index contributed by atoms with van der Waals surface area (Å²) >= 11 is 0. The molecule has 1 N–H and O–H groups in total. The van der Waals surface area contributed by atoms with Crippen LogP contribution in [-0.4, -0.2) is 26.9 Å². The first-order valence-corrected chi connectivity index (χ1v) is 10.7. The second-order valence-corrected chi connectivity index (χ2v) is 9.53. The molecule has 0 radical (unpaired) electrons. The summed E-state index contributed by atoms with van der Waals surface area (Å²) in [6.45, 7) is 6.61. The average Bonchev–Trinajstić information content (AvgIpc) is 2.79. The summed E-state index contributed by atoms with van der Waals surface area (Å²) in [6, 6.07) is 5.24. The van der Waals surface area contributed by atoms with Gasteiger partial charge in [0.05, 0.1) is 4.90 Å². The fourth-order valence-corrected chi connectivity index (χ4v) is 4.63. The second-order valence-electron chi connectivity index (χ2n) is 7.76. The van der Waals surface area contributed by atoms with Crippen molar-refractivity contribution in [2.24, 2.45) is 11.8 Å². The van der Waals surface area contributed by atoms with E-state index >= 15 is 0 Å². The molecule has 6 heteroatoms. The van der Waals surface area contributed by atoms with E-state index in [-0.39, 0.29) is 17.9 Å². The molecule has 1 heterocycles. The molecule has 1 amide bonds. The number of hydrogen-bond donors (Lipinski definition) is 1. The zero-order valence-electron chi connectivity index (χ0n) is 15.3. The Kier molecular flexibility index (Phi) is 5.21. The third kappa shape index (κ3) is 3.75. The number of nitrogens with one attached hydrogen (secondary N) is 1. The summed E-state index contributed by atoms with van der Waals surface area (Å²) in [5.74, 6) is 0.798. The molecule has 5 nitrogen and oxygen atoms in total. The highest BCUT2D eigenvalue weighted by molar-refractivity contribution is 7.89. The minimum Gasteiger partial charge on any atom is -0.309 e. The molecule has 0 bridgehead atoms. The highest BCUT2D eigenvalue weighted by Gasteiger charge is 2.37. The van der Waals surface area contributed by atoms with Crippen LogP contribution in [0.3, 0.4) is 0 Å². The molecular formula is C19H28N2O3S. The first-order chi connectivity index (χ1) is 11.8. The number of hydrogen-bond acceptors (Lipinski definition) is 3. The Bertz CT molecular complexity index is 754.